The number of nitrogens with zero attached hydrogens (tertiary/aromatic N) is 1. The summed E-state index contributed by atoms with van der Waals surface area (Å²) in [6.45, 7) is 3.40. The van der Waals surface area contributed by atoms with Crippen molar-refractivity contribution in [2.45, 2.75) is 6.42 Å². The first-order valence-corrected chi connectivity index (χ1v) is 3.50. The van der Waals surface area contributed by atoms with Gasteiger partial charge in [0, 0.05) is 13.7 Å². The molecule has 1 atom stereocenters. The van der Waals surface area contributed by atoms with E-state index in [4.69, 9.17) is 4.74 Å². The van der Waals surface area contributed by atoms with Gasteiger partial charge in [0.25, 0.3) is 0 Å². The highest BCUT2D eigenvalue weighted by molar-refractivity contribution is 4.71. The third-order valence-electron chi connectivity index (χ3n) is 1.89. The quantitative estimate of drug-likeness (QED) is 0.541. The lowest BCUT2D eigenvalue weighted by Gasteiger charge is -2.07. The van der Waals surface area contributed by atoms with E-state index in [9.17, 15) is 0 Å². The van der Waals surface area contributed by atoms with Crippen molar-refractivity contribution < 1.29 is 4.74 Å². The maximum absolute atomic E-state index is 5.05. The third-order valence-corrected chi connectivity index (χ3v) is 1.89. The second-order valence-corrected chi connectivity index (χ2v) is 2.87. The Bertz CT molecular complexity index is 83.0. The fourth-order valence-electron chi connectivity index (χ4n) is 1.40. The molecule has 0 aliphatic carbocycles. The van der Waals surface area contributed by atoms with Crippen molar-refractivity contribution in [2.75, 3.05) is 33.9 Å². The lowest BCUT2D eigenvalue weighted by Crippen LogP contribution is -2.16. The molecule has 0 bridgehead atoms. The zero-order valence-corrected chi connectivity index (χ0v) is 6.26. The first-order valence-electron chi connectivity index (χ1n) is 3.50. The van der Waals surface area contributed by atoms with Crippen LogP contribution in [0.15, 0.2) is 0 Å². The molecular weight excluding hydrogens is 114 g/mol. The predicted octanol–water partition coefficient (Wildman–Crippen LogP) is 0.585. The highest BCUT2D eigenvalue weighted by atomic mass is 16.5. The summed E-state index contributed by atoms with van der Waals surface area (Å²) in [5.74, 6) is 0.792. The smallest absolute Gasteiger partial charge is 0.0503 e. The zero-order valence-electron chi connectivity index (χ0n) is 6.26. The van der Waals surface area contributed by atoms with Crippen LogP contribution in [0, 0.1) is 5.92 Å². The molecule has 2 nitrogen and oxygen atoms in total. The molecule has 1 fully saturated rings. The molecular formula is C7H15NO. The van der Waals surface area contributed by atoms with E-state index in [0.29, 0.717) is 0 Å². The lowest BCUT2D eigenvalue weighted by atomic mass is 10.1. The topological polar surface area (TPSA) is 12.5 Å². The van der Waals surface area contributed by atoms with Gasteiger partial charge in [-0.25, -0.2) is 0 Å². The lowest BCUT2D eigenvalue weighted by molar-refractivity contribution is 0.155. The van der Waals surface area contributed by atoms with Gasteiger partial charge in [-0.1, -0.05) is 0 Å². The van der Waals surface area contributed by atoms with Crippen LogP contribution in [-0.4, -0.2) is 38.8 Å². The summed E-state index contributed by atoms with van der Waals surface area (Å²) in [6, 6.07) is 0. The predicted molar refractivity (Wildman–Crippen MR) is 37.5 cm³/mol. The largest absolute Gasteiger partial charge is 0.384 e. The van der Waals surface area contributed by atoms with Gasteiger partial charge in [-0.3, -0.25) is 0 Å². The fraction of sp³-hybridized carbons (Fsp3) is 1.00. The maximum atomic E-state index is 5.05. The fourth-order valence-corrected chi connectivity index (χ4v) is 1.40. The molecule has 9 heavy (non-hydrogen) atoms. The average Bonchev–Trinajstić information content (AvgIpc) is 2.17. The number of hydrogen-bond acceptors (Lipinski definition) is 2. The number of likely N-dealkylation sites (tertiary alicyclic amines) is 1. The molecule has 0 N–H and O–H groups in total. The van der Waals surface area contributed by atoms with Gasteiger partial charge in [-0.05, 0) is 25.9 Å². The Morgan fingerprint density at radius 2 is 2.44 bits per heavy atom. The summed E-state index contributed by atoms with van der Waals surface area (Å²) in [4.78, 5) is 2.35. The van der Waals surface area contributed by atoms with E-state index in [1.165, 1.54) is 19.5 Å². The number of rotatable bonds is 2. The Morgan fingerprint density at radius 3 is 2.89 bits per heavy atom. The molecule has 0 amide bonds. The zero-order chi connectivity index (χ0) is 6.69. The van der Waals surface area contributed by atoms with E-state index >= 15 is 0 Å². The van der Waals surface area contributed by atoms with Gasteiger partial charge < -0.3 is 9.64 Å². The molecule has 1 rings (SSSR count). The number of ether oxygens (including phenoxy) is 1. The van der Waals surface area contributed by atoms with E-state index in [0.717, 1.165) is 12.5 Å². The van der Waals surface area contributed by atoms with Crippen LogP contribution < -0.4 is 0 Å². The van der Waals surface area contributed by atoms with Crippen LogP contribution in [0.4, 0.5) is 0 Å². The summed E-state index contributed by atoms with van der Waals surface area (Å²) in [7, 11) is 3.94. The molecule has 0 aromatic carbocycles. The molecule has 0 aromatic heterocycles. The van der Waals surface area contributed by atoms with Crippen LogP contribution in [0.5, 0.6) is 0 Å². The first kappa shape index (κ1) is 7.03. The second-order valence-electron chi connectivity index (χ2n) is 2.87. The highest BCUT2D eigenvalue weighted by Crippen LogP contribution is 2.13. The molecule has 1 saturated heterocycles. The average molecular weight is 129 g/mol. The molecule has 0 saturated carbocycles. The molecule has 1 unspecified atom stereocenters. The van der Waals surface area contributed by atoms with Crippen molar-refractivity contribution >= 4 is 0 Å². The summed E-state index contributed by atoms with van der Waals surface area (Å²) in [5, 5.41) is 0. The van der Waals surface area contributed by atoms with Crippen LogP contribution in [0.3, 0.4) is 0 Å². The summed E-state index contributed by atoms with van der Waals surface area (Å²) in [6.07, 6.45) is 1.31. The van der Waals surface area contributed by atoms with E-state index in [2.05, 4.69) is 11.9 Å². The highest BCUT2D eigenvalue weighted by Gasteiger charge is 2.18. The van der Waals surface area contributed by atoms with Crippen molar-refractivity contribution in [1.82, 2.24) is 4.90 Å². The summed E-state index contributed by atoms with van der Waals surface area (Å²) in [5.41, 5.74) is 0. The summed E-state index contributed by atoms with van der Waals surface area (Å²) >= 11 is 0. The first-order chi connectivity index (χ1) is 4.33. The van der Waals surface area contributed by atoms with Gasteiger partial charge in [0.15, 0.2) is 0 Å². The Hall–Kier alpha value is -0.0800. The monoisotopic (exact) mass is 129 g/mol. The van der Waals surface area contributed by atoms with Crippen LogP contribution in [0.2, 0.25) is 0 Å². The minimum Gasteiger partial charge on any atom is -0.384 e. The maximum Gasteiger partial charge on any atom is 0.0503 e. The number of hydrogen-bond donors (Lipinski definition) is 0. The van der Waals surface area contributed by atoms with Gasteiger partial charge in [0.2, 0.25) is 0 Å². The molecule has 1 heterocycles. The SMILES string of the molecule is COCC1CCN(C)C1. The van der Waals surface area contributed by atoms with Crippen molar-refractivity contribution in [3.8, 4) is 0 Å². The van der Waals surface area contributed by atoms with Gasteiger partial charge in [0.1, 0.15) is 0 Å². The van der Waals surface area contributed by atoms with Crippen molar-refractivity contribution in [3.05, 3.63) is 0 Å². The Balaban J connectivity index is 2.14. The molecule has 1 aliphatic rings. The molecule has 2 heteroatoms. The molecule has 0 radical (unpaired) electrons. The van der Waals surface area contributed by atoms with E-state index in [1.54, 1.807) is 7.11 Å². The molecule has 54 valence electrons. The van der Waals surface area contributed by atoms with Gasteiger partial charge >= 0.3 is 0 Å². The van der Waals surface area contributed by atoms with Gasteiger partial charge in [0.05, 0.1) is 6.61 Å². The number of methoxy groups -OCH3 is 1. The van der Waals surface area contributed by atoms with E-state index in [1.807, 2.05) is 0 Å². The minimum absolute atomic E-state index is 0.792. The Labute approximate surface area is 56.8 Å². The van der Waals surface area contributed by atoms with Crippen LogP contribution in [0.25, 0.3) is 0 Å². The van der Waals surface area contributed by atoms with Crippen LogP contribution in [-0.2, 0) is 4.74 Å². The normalized spacial score (nSPS) is 29.3. The van der Waals surface area contributed by atoms with E-state index < -0.39 is 0 Å². The molecule has 1 aliphatic heterocycles. The van der Waals surface area contributed by atoms with Gasteiger partial charge in [-0.2, -0.15) is 0 Å². The summed E-state index contributed by atoms with van der Waals surface area (Å²) < 4.78 is 5.05. The Kier molecular flexibility index (Phi) is 2.49. The second kappa shape index (κ2) is 3.18. The van der Waals surface area contributed by atoms with Gasteiger partial charge in [-0.15, -0.1) is 0 Å². The van der Waals surface area contributed by atoms with Crippen molar-refractivity contribution in [3.63, 3.8) is 0 Å². The third kappa shape index (κ3) is 1.95. The minimum atomic E-state index is 0.792. The van der Waals surface area contributed by atoms with Crippen LogP contribution >= 0.6 is 0 Å². The molecule has 0 spiro atoms. The van der Waals surface area contributed by atoms with Crippen LogP contribution in [0.1, 0.15) is 6.42 Å². The standard InChI is InChI=1S/C7H15NO/c1-8-4-3-7(5-8)6-9-2/h7H,3-6H2,1-2H3. The van der Waals surface area contributed by atoms with Crippen molar-refractivity contribution in [1.29, 1.82) is 0 Å². The Morgan fingerprint density at radius 1 is 1.67 bits per heavy atom. The van der Waals surface area contributed by atoms with Crippen molar-refractivity contribution in [2.24, 2.45) is 5.92 Å². The molecule has 0 aromatic rings. The van der Waals surface area contributed by atoms with E-state index in [-0.39, 0.29) is 0 Å².